The van der Waals surface area contributed by atoms with Crippen LogP contribution in [0.2, 0.25) is 25.7 Å². The van der Waals surface area contributed by atoms with Crippen LogP contribution in [-0.4, -0.2) is 41.3 Å². The Morgan fingerprint density at radius 3 is 2.71 bits per heavy atom. The zero-order valence-corrected chi connectivity index (χ0v) is 18.1. The molecule has 1 saturated carbocycles. The molecule has 3 aromatic rings. The number of hydrogen-bond acceptors (Lipinski definition) is 5. The summed E-state index contributed by atoms with van der Waals surface area (Å²) in [4.78, 5) is 13.6. The van der Waals surface area contributed by atoms with E-state index < -0.39 is 8.07 Å². The van der Waals surface area contributed by atoms with Gasteiger partial charge in [0.1, 0.15) is 13.1 Å². The third-order valence-corrected chi connectivity index (χ3v) is 6.84. The number of rotatable bonds is 8. The molecule has 0 spiro atoms. The van der Waals surface area contributed by atoms with Crippen LogP contribution in [0.3, 0.4) is 0 Å². The zero-order chi connectivity index (χ0) is 19.7. The number of ether oxygens (including phenoxy) is 2. The van der Waals surface area contributed by atoms with Crippen molar-refractivity contribution in [2.24, 2.45) is 0 Å². The molecular formula is C21H28N4O2Si. The zero-order valence-electron chi connectivity index (χ0n) is 17.1. The van der Waals surface area contributed by atoms with Crippen molar-refractivity contribution in [2.45, 2.75) is 51.2 Å². The second kappa shape index (κ2) is 7.64. The van der Waals surface area contributed by atoms with Crippen molar-refractivity contribution < 1.29 is 9.47 Å². The van der Waals surface area contributed by atoms with Gasteiger partial charge in [0, 0.05) is 32.2 Å². The lowest BCUT2D eigenvalue weighted by molar-refractivity contribution is 0.0902. The van der Waals surface area contributed by atoms with E-state index in [1.54, 1.807) is 13.4 Å². The summed E-state index contributed by atoms with van der Waals surface area (Å²) in [5, 5.41) is 1.13. The molecule has 0 aliphatic heterocycles. The standard InChI is InChI=1S/C21H28N4O2Si/c1-26-21-19(20(15-5-6-15)23-13-24-21)17-11-16-7-8-25(18(16)12-22-17)14-27-9-10-28(2,3)4/h7-8,11-13,15H,5-6,9-10,14H2,1-4H3. The highest BCUT2D eigenvalue weighted by Crippen LogP contribution is 2.45. The molecule has 0 N–H and O–H groups in total. The SMILES string of the molecule is COc1ncnc(C2CC2)c1-c1cc2ccn(COCC[Si](C)(C)C)c2cn1. The van der Waals surface area contributed by atoms with Crippen molar-refractivity contribution in [3.8, 4) is 17.1 Å². The number of hydrogen-bond donors (Lipinski definition) is 0. The topological polar surface area (TPSA) is 62.1 Å². The first-order valence-electron chi connectivity index (χ1n) is 9.88. The molecule has 0 amide bonds. The Bertz CT molecular complexity index is 976. The Balaban J connectivity index is 1.59. The molecule has 148 valence electrons. The van der Waals surface area contributed by atoms with Crippen LogP contribution in [0.1, 0.15) is 24.5 Å². The fourth-order valence-electron chi connectivity index (χ4n) is 3.32. The molecule has 6 nitrogen and oxygen atoms in total. The summed E-state index contributed by atoms with van der Waals surface area (Å²) < 4.78 is 13.5. The van der Waals surface area contributed by atoms with E-state index >= 15 is 0 Å². The third kappa shape index (κ3) is 4.10. The average Bonchev–Trinajstić information content (AvgIpc) is 3.44. The summed E-state index contributed by atoms with van der Waals surface area (Å²) in [7, 11) is 0.581. The van der Waals surface area contributed by atoms with Crippen LogP contribution in [0, 0.1) is 0 Å². The average molecular weight is 397 g/mol. The lowest BCUT2D eigenvalue weighted by Gasteiger charge is -2.15. The lowest BCUT2D eigenvalue weighted by Crippen LogP contribution is -2.21. The molecule has 4 rings (SSSR count). The molecule has 0 aromatic carbocycles. The molecule has 0 saturated heterocycles. The van der Waals surface area contributed by atoms with Gasteiger partial charge in [-0.2, -0.15) is 0 Å². The predicted octanol–water partition coefficient (Wildman–Crippen LogP) is 4.69. The number of aromatic nitrogens is 4. The summed E-state index contributed by atoms with van der Waals surface area (Å²) in [6.07, 6.45) is 7.89. The Morgan fingerprint density at radius 1 is 1.18 bits per heavy atom. The highest BCUT2D eigenvalue weighted by Gasteiger charge is 2.30. The van der Waals surface area contributed by atoms with Crippen LogP contribution in [0.15, 0.2) is 30.9 Å². The van der Waals surface area contributed by atoms with Gasteiger partial charge in [-0.3, -0.25) is 4.98 Å². The monoisotopic (exact) mass is 396 g/mol. The summed E-state index contributed by atoms with van der Waals surface area (Å²) in [6.45, 7) is 8.46. The molecule has 0 unspecified atom stereocenters. The number of nitrogens with zero attached hydrogens (tertiary/aromatic N) is 4. The minimum absolute atomic E-state index is 0.494. The van der Waals surface area contributed by atoms with E-state index in [0.29, 0.717) is 18.5 Å². The van der Waals surface area contributed by atoms with Crippen LogP contribution in [0.4, 0.5) is 0 Å². The van der Waals surface area contributed by atoms with Crippen LogP contribution in [0.25, 0.3) is 22.2 Å². The largest absolute Gasteiger partial charge is 0.480 e. The quantitative estimate of drug-likeness (QED) is 0.408. The van der Waals surface area contributed by atoms with Crippen molar-refractivity contribution >= 4 is 19.0 Å². The van der Waals surface area contributed by atoms with Crippen molar-refractivity contribution in [1.29, 1.82) is 0 Å². The van der Waals surface area contributed by atoms with Crippen LogP contribution < -0.4 is 4.74 Å². The van der Waals surface area contributed by atoms with Crippen LogP contribution in [-0.2, 0) is 11.5 Å². The van der Waals surface area contributed by atoms with E-state index in [9.17, 15) is 0 Å². The van der Waals surface area contributed by atoms with Crippen LogP contribution in [0.5, 0.6) is 5.88 Å². The van der Waals surface area contributed by atoms with Gasteiger partial charge in [-0.15, -0.1) is 0 Å². The number of fused-ring (bicyclic) bond motifs is 1. The predicted molar refractivity (Wildman–Crippen MR) is 113 cm³/mol. The Kier molecular flexibility index (Phi) is 5.20. The molecule has 7 heteroatoms. The Morgan fingerprint density at radius 2 is 2.00 bits per heavy atom. The molecule has 0 atom stereocenters. The Labute approximate surface area is 166 Å². The molecule has 1 aliphatic rings. The van der Waals surface area contributed by atoms with E-state index in [1.165, 1.54) is 18.9 Å². The second-order valence-electron chi connectivity index (χ2n) is 8.68. The lowest BCUT2D eigenvalue weighted by atomic mass is 10.1. The van der Waals surface area contributed by atoms with Gasteiger partial charge in [0.05, 0.1) is 35.8 Å². The molecule has 28 heavy (non-hydrogen) atoms. The van der Waals surface area contributed by atoms with E-state index in [2.05, 4.69) is 52.5 Å². The van der Waals surface area contributed by atoms with Crippen molar-refractivity contribution in [2.75, 3.05) is 13.7 Å². The molecular weight excluding hydrogens is 368 g/mol. The van der Waals surface area contributed by atoms with Crippen LogP contribution >= 0.6 is 0 Å². The number of methoxy groups -OCH3 is 1. The van der Waals surface area contributed by atoms with Gasteiger partial charge in [0.15, 0.2) is 0 Å². The van der Waals surface area contributed by atoms with E-state index in [4.69, 9.17) is 14.5 Å². The minimum atomic E-state index is -1.07. The summed E-state index contributed by atoms with van der Waals surface area (Å²) in [5.74, 6) is 1.09. The maximum atomic E-state index is 5.90. The molecule has 0 radical (unpaired) electrons. The van der Waals surface area contributed by atoms with Gasteiger partial charge in [-0.05, 0) is 31.0 Å². The molecule has 3 aromatic heterocycles. The summed E-state index contributed by atoms with van der Waals surface area (Å²) >= 11 is 0. The van der Waals surface area contributed by atoms with E-state index in [1.807, 2.05) is 6.20 Å². The normalized spacial score (nSPS) is 14.6. The fraction of sp³-hybridized carbons (Fsp3) is 0.476. The van der Waals surface area contributed by atoms with E-state index in [-0.39, 0.29) is 0 Å². The van der Waals surface area contributed by atoms with Crippen molar-refractivity contribution in [1.82, 2.24) is 19.5 Å². The molecule has 1 fully saturated rings. The molecule has 1 aliphatic carbocycles. The minimum Gasteiger partial charge on any atom is -0.480 e. The van der Waals surface area contributed by atoms with Gasteiger partial charge in [0.2, 0.25) is 5.88 Å². The van der Waals surface area contributed by atoms with Gasteiger partial charge in [-0.25, -0.2) is 9.97 Å². The van der Waals surface area contributed by atoms with Gasteiger partial charge in [-0.1, -0.05) is 19.6 Å². The maximum Gasteiger partial charge on any atom is 0.226 e. The van der Waals surface area contributed by atoms with Gasteiger partial charge in [0.25, 0.3) is 0 Å². The first kappa shape index (κ1) is 19.1. The first-order chi connectivity index (χ1) is 13.5. The third-order valence-electron chi connectivity index (χ3n) is 5.14. The number of pyridine rings is 1. The molecule has 3 heterocycles. The highest BCUT2D eigenvalue weighted by molar-refractivity contribution is 6.76. The second-order valence-corrected chi connectivity index (χ2v) is 14.3. The maximum absolute atomic E-state index is 5.90. The summed E-state index contributed by atoms with van der Waals surface area (Å²) in [6, 6.07) is 5.38. The van der Waals surface area contributed by atoms with Crippen molar-refractivity contribution in [3.63, 3.8) is 0 Å². The first-order valence-corrected chi connectivity index (χ1v) is 13.6. The smallest absolute Gasteiger partial charge is 0.226 e. The van der Waals surface area contributed by atoms with Crippen molar-refractivity contribution in [3.05, 3.63) is 36.5 Å². The fourth-order valence-corrected chi connectivity index (χ4v) is 4.08. The van der Waals surface area contributed by atoms with Gasteiger partial charge < -0.3 is 14.0 Å². The highest BCUT2D eigenvalue weighted by atomic mass is 28.3. The summed E-state index contributed by atoms with van der Waals surface area (Å²) in [5.41, 5.74) is 3.91. The van der Waals surface area contributed by atoms with Gasteiger partial charge >= 0.3 is 0 Å². The Hall–Kier alpha value is -2.25. The van der Waals surface area contributed by atoms with E-state index in [0.717, 1.165) is 34.5 Å². The molecule has 0 bridgehead atoms.